The largest absolute Gasteiger partial charge is 0.323 e. The zero-order valence-electron chi connectivity index (χ0n) is 13.6. The van der Waals surface area contributed by atoms with E-state index in [1.807, 2.05) is 31.2 Å². The van der Waals surface area contributed by atoms with Crippen LogP contribution in [0.4, 0.5) is 11.4 Å². The first kappa shape index (κ1) is 17.5. The number of non-ortho nitro benzene ring substituents is 1. The van der Waals surface area contributed by atoms with Gasteiger partial charge in [-0.15, -0.1) is 10.2 Å². The number of aromatic nitrogens is 4. The third-order valence-corrected chi connectivity index (χ3v) is 3.80. The molecule has 0 radical (unpaired) electrons. The van der Waals surface area contributed by atoms with Crippen molar-refractivity contribution >= 4 is 28.9 Å². The lowest BCUT2D eigenvalue weighted by Crippen LogP contribution is -2.20. The van der Waals surface area contributed by atoms with Gasteiger partial charge < -0.3 is 5.32 Å². The number of anilines is 1. The molecule has 1 aromatic heterocycles. The van der Waals surface area contributed by atoms with Crippen molar-refractivity contribution in [3.05, 3.63) is 63.2 Å². The summed E-state index contributed by atoms with van der Waals surface area (Å²) in [6.07, 6.45) is 0. The summed E-state index contributed by atoms with van der Waals surface area (Å²) in [6.45, 7) is 1.80. The Hall–Kier alpha value is -3.33. The Balaban J connectivity index is 1.67. The predicted octanol–water partition coefficient (Wildman–Crippen LogP) is 2.85. The predicted molar refractivity (Wildman–Crippen MR) is 94.7 cm³/mol. The summed E-state index contributed by atoms with van der Waals surface area (Å²) >= 11 is 5.95. The summed E-state index contributed by atoms with van der Waals surface area (Å²) in [6, 6.07) is 11.4. The molecule has 1 heterocycles. The maximum atomic E-state index is 12.1. The van der Waals surface area contributed by atoms with Gasteiger partial charge in [-0.1, -0.05) is 41.4 Å². The molecule has 1 amide bonds. The number of nitro groups is 1. The molecule has 3 rings (SSSR count). The molecule has 0 aliphatic heterocycles. The summed E-state index contributed by atoms with van der Waals surface area (Å²) in [4.78, 5) is 23.4. The van der Waals surface area contributed by atoms with Gasteiger partial charge in [0, 0.05) is 17.7 Å². The molecule has 10 heteroatoms. The quantitative estimate of drug-likeness (QED) is 0.543. The fraction of sp³-hybridized carbons (Fsp3) is 0.125. The average molecular weight is 373 g/mol. The number of nitrogens with zero attached hydrogens (tertiary/aromatic N) is 5. The number of carbonyl (C=O) groups is 1. The number of aryl methyl sites for hydroxylation is 1. The summed E-state index contributed by atoms with van der Waals surface area (Å²) in [5.74, 6) is -0.0280. The topological polar surface area (TPSA) is 116 Å². The van der Waals surface area contributed by atoms with Crippen molar-refractivity contribution in [2.75, 3.05) is 5.32 Å². The molecule has 26 heavy (non-hydrogen) atoms. The highest BCUT2D eigenvalue weighted by Crippen LogP contribution is 2.26. The zero-order valence-corrected chi connectivity index (χ0v) is 14.3. The molecule has 0 unspecified atom stereocenters. The first-order chi connectivity index (χ1) is 12.4. The van der Waals surface area contributed by atoms with Crippen LogP contribution < -0.4 is 5.32 Å². The van der Waals surface area contributed by atoms with Gasteiger partial charge in [-0.05, 0) is 18.2 Å². The lowest BCUT2D eigenvalue weighted by atomic mass is 10.1. The molecular weight excluding hydrogens is 360 g/mol. The Morgan fingerprint density at radius 2 is 2.00 bits per heavy atom. The van der Waals surface area contributed by atoms with E-state index in [9.17, 15) is 14.9 Å². The highest BCUT2D eigenvalue weighted by Gasteiger charge is 2.13. The zero-order chi connectivity index (χ0) is 18.7. The highest BCUT2D eigenvalue weighted by atomic mass is 35.5. The Morgan fingerprint density at radius 1 is 1.27 bits per heavy atom. The lowest BCUT2D eigenvalue weighted by Gasteiger charge is -2.06. The van der Waals surface area contributed by atoms with E-state index in [0.29, 0.717) is 5.82 Å². The van der Waals surface area contributed by atoms with Crippen molar-refractivity contribution in [3.8, 4) is 11.4 Å². The molecular formula is C16H13ClN6O3. The molecule has 132 valence electrons. The van der Waals surface area contributed by atoms with Crippen molar-refractivity contribution in [3.63, 3.8) is 0 Å². The number of amides is 1. The van der Waals surface area contributed by atoms with E-state index in [-0.39, 0.29) is 22.9 Å². The van der Waals surface area contributed by atoms with Crippen LogP contribution in [0.15, 0.2) is 42.5 Å². The molecule has 1 N–H and O–H groups in total. The number of rotatable bonds is 5. The van der Waals surface area contributed by atoms with Gasteiger partial charge in [-0.3, -0.25) is 14.9 Å². The van der Waals surface area contributed by atoms with Crippen LogP contribution in [-0.4, -0.2) is 31.0 Å². The Morgan fingerprint density at radius 3 is 2.65 bits per heavy atom. The lowest BCUT2D eigenvalue weighted by molar-refractivity contribution is -0.384. The second-order valence-corrected chi connectivity index (χ2v) is 5.89. The molecule has 0 spiro atoms. The van der Waals surface area contributed by atoms with E-state index in [0.717, 1.165) is 15.9 Å². The summed E-state index contributed by atoms with van der Waals surface area (Å²) in [7, 11) is 0. The van der Waals surface area contributed by atoms with Crippen molar-refractivity contribution in [1.82, 2.24) is 20.2 Å². The van der Waals surface area contributed by atoms with Crippen LogP contribution in [0.1, 0.15) is 5.56 Å². The molecule has 0 aliphatic carbocycles. The van der Waals surface area contributed by atoms with Gasteiger partial charge >= 0.3 is 0 Å². The Kier molecular flexibility index (Phi) is 4.90. The van der Waals surface area contributed by atoms with Gasteiger partial charge in [0.2, 0.25) is 11.7 Å². The van der Waals surface area contributed by atoms with Crippen molar-refractivity contribution in [2.45, 2.75) is 13.5 Å². The molecule has 3 aromatic rings. The number of hydrogen-bond donors (Lipinski definition) is 1. The minimum atomic E-state index is -0.566. The van der Waals surface area contributed by atoms with Gasteiger partial charge in [0.05, 0.1) is 15.6 Å². The first-order valence-corrected chi connectivity index (χ1v) is 7.89. The van der Waals surface area contributed by atoms with Crippen LogP contribution in [-0.2, 0) is 11.3 Å². The van der Waals surface area contributed by atoms with Crippen LogP contribution in [0.5, 0.6) is 0 Å². The minimum absolute atomic E-state index is 0.0689. The maximum absolute atomic E-state index is 12.1. The number of benzene rings is 2. The van der Waals surface area contributed by atoms with Crippen molar-refractivity contribution < 1.29 is 9.72 Å². The van der Waals surface area contributed by atoms with Gasteiger partial charge in [-0.25, -0.2) is 0 Å². The molecule has 9 nitrogen and oxygen atoms in total. The van der Waals surface area contributed by atoms with E-state index < -0.39 is 10.8 Å². The first-order valence-electron chi connectivity index (χ1n) is 7.51. The SMILES string of the molecule is Cc1ccc(-c2nnn(CC(=O)Nc3ccc([N+](=O)[O-])cc3Cl)n2)cc1. The monoisotopic (exact) mass is 372 g/mol. The van der Waals surface area contributed by atoms with E-state index in [1.165, 1.54) is 18.2 Å². The molecule has 0 aliphatic rings. The van der Waals surface area contributed by atoms with E-state index in [4.69, 9.17) is 11.6 Å². The summed E-state index contributed by atoms with van der Waals surface area (Å²) in [5, 5.41) is 25.3. The van der Waals surface area contributed by atoms with Crippen LogP contribution in [0.25, 0.3) is 11.4 Å². The number of hydrogen-bond acceptors (Lipinski definition) is 6. The molecule has 0 atom stereocenters. The normalized spacial score (nSPS) is 10.5. The second kappa shape index (κ2) is 7.28. The van der Waals surface area contributed by atoms with Crippen molar-refractivity contribution in [1.29, 1.82) is 0 Å². The second-order valence-electron chi connectivity index (χ2n) is 5.48. The molecule has 0 bridgehead atoms. The average Bonchev–Trinajstić information content (AvgIpc) is 3.05. The van der Waals surface area contributed by atoms with Gasteiger partial charge in [-0.2, -0.15) is 4.80 Å². The third-order valence-electron chi connectivity index (χ3n) is 3.49. The summed E-state index contributed by atoms with van der Waals surface area (Å²) < 4.78 is 0. The van der Waals surface area contributed by atoms with Gasteiger partial charge in [0.1, 0.15) is 6.54 Å². The van der Waals surface area contributed by atoms with E-state index in [1.54, 1.807) is 0 Å². The fourth-order valence-corrected chi connectivity index (χ4v) is 2.39. The third kappa shape index (κ3) is 4.01. The minimum Gasteiger partial charge on any atom is -0.323 e. The number of tetrazole rings is 1. The smallest absolute Gasteiger partial charge is 0.271 e. The number of carbonyl (C=O) groups excluding carboxylic acids is 1. The van der Waals surface area contributed by atoms with Crippen molar-refractivity contribution in [2.24, 2.45) is 0 Å². The molecule has 0 saturated carbocycles. The highest BCUT2D eigenvalue weighted by molar-refractivity contribution is 6.33. The number of nitro benzene ring substituents is 1. The van der Waals surface area contributed by atoms with Crippen LogP contribution >= 0.6 is 11.6 Å². The van der Waals surface area contributed by atoms with E-state index in [2.05, 4.69) is 20.7 Å². The van der Waals surface area contributed by atoms with Crippen LogP contribution in [0, 0.1) is 17.0 Å². The molecule has 0 saturated heterocycles. The maximum Gasteiger partial charge on any atom is 0.271 e. The number of halogens is 1. The number of nitrogens with one attached hydrogen (secondary N) is 1. The Labute approximate surface area is 152 Å². The van der Waals surface area contributed by atoms with Crippen LogP contribution in [0.3, 0.4) is 0 Å². The van der Waals surface area contributed by atoms with Crippen LogP contribution in [0.2, 0.25) is 5.02 Å². The van der Waals surface area contributed by atoms with Gasteiger partial charge in [0.15, 0.2) is 0 Å². The summed E-state index contributed by atoms with van der Waals surface area (Å²) in [5.41, 5.74) is 2.01. The molecule has 0 fully saturated rings. The van der Waals surface area contributed by atoms with Gasteiger partial charge in [0.25, 0.3) is 5.69 Å². The van der Waals surface area contributed by atoms with E-state index >= 15 is 0 Å². The Bertz CT molecular complexity index is 970. The molecule has 2 aromatic carbocycles. The standard InChI is InChI=1S/C16H13ClN6O3/c1-10-2-4-11(5-3-10)16-19-21-22(20-16)9-15(24)18-14-7-6-12(23(25)26)8-13(14)17/h2-8H,9H2,1H3,(H,18,24). The fourth-order valence-electron chi connectivity index (χ4n) is 2.17.